The number of benzene rings is 2. The first-order valence-electron chi connectivity index (χ1n) is 6.21. The Bertz CT molecular complexity index is 632. The first-order valence-corrected chi connectivity index (χ1v) is 7.38. The second-order valence-electron chi connectivity index (χ2n) is 4.21. The maximum atomic E-state index is 7.50. The summed E-state index contributed by atoms with van der Waals surface area (Å²) in [6, 6.07) is 12.5. The van der Waals surface area contributed by atoms with Crippen LogP contribution in [-0.2, 0) is 0 Å². The molecule has 0 aliphatic rings. The van der Waals surface area contributed by atoms with Gasteiger partial charge < -0.3 is 15.2 Å². The fourth-order valence-electron chi connectivity index (χ4n) is 1.68. The van der Waals surface area contributed by atoms with E-state index in [2.05, 4.69) is 15.9 Å². The Morgan fingerprint density at radius 2 is 1.76 bits per heavy atom. The van der Waals surface area contributed by atoms with Crippen LogP contribution in [0.3, 0.4) is 0 Å². The third kappa shape index (κ3) is 4.65. The predicted molar refractivity (Wildman–Crippen MR) is 87.6 cm³/mol. The van der Waals surface area contributed by atoms with Gasteiger partial charge in [-0.05, 0) is 42.5 Å². The van der Waals surface area contributed by atoms with Crippen molar-refractivity contribution in [2.75, 3.05) is 13.2 Å². The van der Waals surface area contributed by atoms with Gasteiger partial charge in [-0.25, -0.2) is 0 Å². The first kappa shape index (κ1) is 15.7. The second-order valence-corrected chi connectivity index (χ2v) is 5.56. The van der Waals surface area contributed by atoms with Crippen molar-refractivity contribution in [1.29, 1.82) is 5.41 Å². The minimum Gasteiger partial charge on any atom is -0.490 e. The molecule has 110 valence electrons. The van der Waals surface area contributed by atoms with Crippen LogP contribution in [0.15, 0.2) is 46.9 Å². The molecule has 3 N–H and O–H groups in total. The molecule has 0 unspecified atom stereocenters. The highest BCUT2D eigenvalue weighted by Gasteiger charge is 2.07. The molecule has 21 heavy (non-hydrogen) atoms. The lowest BCUT2D eigenvalue weighted by Crippen LogP contribution is -2.15. The monoisotopic (exact) mass is 368 g/mol. The molecular formula is C15H14BrClN2O2. The molecular weight excluding hydrogens is 356 g/mol. The lowest BCUT2D eigenvalue weighted by molar-refractivity contribution is 0.217. The number of ether oxygens (including phenoxy) is 2. The zero-order valence-corrected chi connectivity index (χ0v) is 13.4. The van der Waals surface area contributed by atoms with Crippen LogP contribution < -0.4 is 15.2 Å². The zero-order chi connectivity index (χ0) is 15.2. The Balaban J connectivity index is 1.90. The molecule has 0 spiro atoms. The van der Waals surface area contributed by atoms with Crippen LogP contribution in [0.2, 0.25) is 5.02 Å². The molecule has 4 nitrogen and oxygen atoms in total. The quantitative estimate of drug-likeness (QED) is 0.462. The number of nitrogen functional groups attached to an aromatic ring is 1. The number of nitrogens with two attached hydrogens (primary N) is 1. The van der Waals surface area contributed by atoms with Gasteiger partial charge >= 0.3 is 0 Å². The van der Waals surface area contributed by atoms with Crippen LogP contribution in [0.4, 0.5) is 0 Å². The largest absolute Gasteiger partial charge is 0.490 e. The van der Waals surface area contributed by atoms with E-state index in [1.165, 1.54) is 0 Å². The van der Waals surface area contributed by atoms with E-state index in [0.717, 1.165) is 10.2 Å². The maximum Gasteiger partial charge on any atom is 0.131 e. The molecule has 0 saturated carbocycles. The molecule has 0 radical (unpaired) electrons. The summed E-state index contributed by atoms with van der Waals surface area (Å²) in [5, 5.41) is 8.03. The third-order valence-electron chi connectivity index (χ3n) is 2.66. The van der Waals surface area contributed by atoms with Crippen molar-refractivity contribution in [3.63, 3.8) is 0 Å². The SMILES string of the molecule is N=C(N)c1ccc(Cl)cc1OCCOc1ccc(Br)cc1. The number of amidine groups is 1. The summed E-state index contributed by atoms with van der Waals surface area (Å²) in [5.74, 6) is 1.18. The van der Waals surface area contributed by atoms with Crippen LogP contribution in [0, 0.1) is 5.41 Å². The van der Waals surface area contributed by atoms with Gasteiger partial charge in [-0.1, -0.05) is 27.5 Å². The van der Waals surface area contributed by atoms with Gasteiger partial charge in [0.1, 0.15) is 30.5 Å². The van der Waals surface area contributed by atoms with Crippen molar-refractivity contribution in [3.05, 3.63) is 57.5 Å². The minimum atomic E-state index is -0.0597. The molecule has 0 amide bonds. The van der Waals surface area contributed by atoms with E-state index in [4.69, 9.17) is 32.2 Å². The van der Waals surface area contributed by atoms with Crippen LogP contribution in [0.5, 0.6) is 11.5 Å². The Morgan fingerprint density at radius 1 is 1.10 bits per heavy atom. The Hall–Kier alpha value is -1.72. The highest BCUT2D eigenvalue weighted by molar-refractivity contribution is 9.10. The lowest BCUT2D eigenvalue weighted by Gasteiger charge is -2.12. The molecule has 0 aliphatic carbocycles. The molecule has 0 heterocycles. The fourth-order valence-corrected chi connectivity index (χ4v) is 2.11. The van der Waals surface area contributed by atoms with Crippen LogP contribution in [-0.4, -0.2) is 19.0 Å². The van der Waals surface area contributed by atoms with Crippen molar-refractivity contribution in [3.8, 4) is 11.5 Å². The van der Waals surface area contributed by atoms with Gasteiger partial charge in [0, 0.05) is 9.50 Å². The van der Waals surface area contributed by atoms with E-state index in [0.29, 0.717) is 29.5 Å². The Kier molecular flexibility index (Phi) is 5.47. The molecule has 2 aromatic rings. The second kappa shape index (κ2) is 7.33. The average Bonchev–Trinajstić information content (AvgIpc) is 2.45. The summed E-state index contributed by atoms with van der Waals surface area (Å²) >= 11 is 9.28. The van der Waals surface area contributed by atoms with Crippen LogP contribution in [0.25, 0.3) is 0 Å². The molecule has 6 heteroatoms. The van der Waals surface area contributed by atoms with Crippen LogP contribution >= 0.6 is 27.5 Å². The molecule has 0 aliphatic heterocycles. The molecule has 2 aromatic carbocycles. The summed E-state index contributed by atoms with van der Waals surface area (Å²) in [4.78, 5) is 0. The highest BCUT2D eigenvalue weighted by Crippen LogP contribution is 2.23. The Morgan fingerprint density at radius 3 is 2.43 bits per heavy atom. The smallest absolute Gasteiger partial charge is 0.131 e. The number of hydrogen-bond acceptors (Lipinski definition) is 3. The van der Waals surface area contributed by atoms with E-state index in [-0.39, 0.29) is 5.84 Å². The van der Waals surface area contributed by atoms with E-state index < -0.39 is 0 Å². The predicted octanol–water partition coefficient (Wildman–Crippen LogP) is 3.84. The van der Waals surface area contributed by atoms with Gasteiger partial charge in [0.25, 0.3) is 0 Å². The topological polar surface area (TPSA) is 68.3 Å². The number of nitrogens with one attached hydrogen (secondary N) is 1. The van der Waals surface area contributed by atoms with Gasteiger partial charge in [0.2, 0.25) is 0 Å². The molecule has 0 fully saturated rings. The van der Waals surface area contributed by atoms with E-state index in [1.54, 1.807) is 18.2 Å². The van der Waals surface area contributed by atoms with E-state index >= 15 is 0 Å². The Labute approximate surface area is 136 Å². The number of halogens is 2. The number of hydrogen-bond donors (Lipinski definition) is 2. The zero-order valence-electron chi connectivity index (χ0n) is 11.1. The summed E-state index contributed by atoms with van der Waals surface area (Å²) in [6.07, 6.45) is 0. The molecule has 0 aromatic heterocycles. The molecule has 0 atom stereocenters. The lowest BCUT2D eigenvalue weighted by atomic mass is 10.2. The van der Waals surface area contributed by atoms with Crippen molar-refractivity contribution < 1.29 is 9.47 Å². The van der Waals surface area contributed by atoms with Gasteiger partial charge in [0.15, 0.2) is 0 Å². The normalized spacial score (nSPS) is 10.2. The van der Waals surface area contributed by atoms with Crippen molar-refractivity contribution >= 4 is 33.4 Å². The molecule has 0 saturated heterocycles. The summed E-state index contributed by atoms with van der Waals surface area (Å²) in [6.45, 7) is 0.710. The van der Waals surface area contributed by atoms with Crippen LogP contribution in [0.1, 0.15) is 5.56 Å². The van der Waals surface area contributed by atoms with Gasteiger partial charge in [-0.15, -0.1) is 0 Å². The summed E-state index contributed by atoms with van der Waals surface area (Å²) in [7, 11) is 0. The standard InChI is InChI=1S/C15H14BrClN2O2/c16-10-1-4-12(5-2-10)20-7-8-21-14-9-11(17)3-6-13(14)15(18)19/h1-6,9H,7-8H2,(H3,18,19). The summed E-state index contributed by atoms with van der Waals surface area (Å²) < 4.78 is 12.1. The van der Waals surface area contributed by atoms with E-state index in [1.807, 2.05) is 24.3 Å². The van der Waals surface area contributed by atoms with Crippen molar-refractivity contribution in [2.45, 2.75) is 0 Å². The molecule has 0 bridgehead atoms. The first-order chi connectivity index (χ1) is 10.1. The minimum absolute atomic E-state index is 0.0597. The van der Waals surface area contributed by atoms with Gasteiger partial charge in [0.05, 0.1) is 5.56 Å². The average molecular weight is 370 g/mol. The number of rotatable bonds is 6. The maximum absolute atomic E-state index is 7.50. The van der Waals surface area contributed by atoms with Gasteiger partial charge in [-0.2, -0.15) is 0 Å². The highest BCUT2D eigenvalue weighted by atomic mass is 79.9. The van der Waals surface area contributed by atoms with Crippen molar-refractivity contribution in [2.24, 2.45) is 5.73 Å². The van der Waals surface area contributed by atoms with Crippen molar-refractivity contribution in [1.82, 2.24) is 0 Å². The third-order valence-corrected chi connectivity index (χ3v) is 3.42. The fraction of sp³-hybridized carbons (Fsp3) is 0.133. The van der Waals surface area contributed by atoms with Gasteiger partial charge in [-0.3, -0.25) is 5.41 Å². The van der Waals surface area contributed by atoms with E-state index in [9.17, 15) is 0 Å². The summed E-state index contributed by atoms with van der Waals surface area (Å²) in [5.41, 5.74) is 6.02. The molecule has 2 rings (SSSR count).